The fourth-order valence-corrected chi connectivity index (χ4v) is 3.42. The fraction of sp³-hybridized carbons (Fsp3) is 0.667. The van der Waals surface area contributed by atoms with E-state index in [1.54, 1.807) is 11.3 Å². The maximum absolute atomic E-state index is 3.52. The van der Waals surface area contributed by atoms with Crippen molar-refractivity contribution >= 4 is 27.3 Å². The van der Waals surface area contributed by atoms with Crippen molar-refractivity contribution in [3.05, 3.63) is 20.8 Å². The minimum atomic E-state index is 0.696. The molecule has 1 saturated heterocycles. The summed E-state index contributed by atoms with van der Waals surface area (Å²) in [5.74, 6) is 0. The zero-order valence-corrected chi connectivity index (χ0v) is 12.1. The maximum atomic E-state index is 3.52. The molecule has 1 N–H and O–H groups in total. The van der Waals surface area contributed by atoms with Gasteiger partial charge in [0.05, 0.1) is 3.79 Å². The van der Waals surface area contributed by atoms with Crippen LogP contribution in [0.25, 0.3) is 0 Å². The van der Waals surface area contributed by atoms with Gasteiger partial charge in [0, 0.05) is 19.1 Å². The second-order valence-electron chi connectivity index (χ2n) is 4.53. The minimum absolute atomic E-state index is 0.696. The van der Waals surface area contributed by atoms with Gasteiger partial charge in [-0.05, 0) is 59.4 Å². The van der Waals surface area contributed by atoms with Crippen molar-refractivity contribution in [2.75, 3.05) is 20.1 Å². The first kappa shape index (κ1) is 12.6. The molecule has 1 atom stereocenters. The average Bonchev–Trinajstić information content (AvgIpc) is 2.56. The van der Waals surface area contributed by atoms with Gasteiger partial charge in [0.25, 0.3) is 0 Å². The van der Waals surface area contributed by atoms with Gasteiger partial charge in [-0.15, -0.1) is 11.3 Å². The van der Waals surface area contributed by atoms with E-state index in [9.17, 15) is 0 Å². The largest absolute Gasteiger partial charge is 0.315 e. The zero-order chi connectivity index (χ0) is 11.4. The summed E-state index contributed by atoms with van der Waals surface area (Å²) in [6.07, 6.45) is 4.01. The van der Waals surface area contributed by atoms with Crippen LogP contribution in [0.15, 0.2) is 15.2 Å². The Morgan fingerprint density at radius 2 is 2.44 bits per heavy atom. The van der Waals surface area contributed by atoms with Crippen molar-refractivity contribution in [3.8, 4) is 0 Å². The van der Waals surface area contributed by atoms with Crippen molar-refractivity contribution in [1.29, 1.82) is 0 Å². The van der Waals surface area contributed by atoms with E-state index in [1.165, 1.54) is 35.2 Å². The lowest BCUT2D eigenvalue weighted by Crippen LogP contribution is -2.38. The third kappa shape index (κ3) is 3.55. The Morgan fingerprint density at radius 3 is 3.19 bits per heavy atom. The number of nitrogens with one attached hydrogen (secondary N) is 1. The normalized spacial score (nSPS) is 22.3. The lowest BCUT2D eigenvalue weighted by atomic mass is 10.1. The quantitative estimate of drug-likeness (QED) is 0.923. The molecule has 0 aromatic carbocycles. The number of thiophene rings is 1. The summed E-state index contributed by atoms with van der Waals surface area (Å²) in [5, 5.41) is 5.76. The molecule has 0 amide bonds. The molecule has 0 bridgehead atoms. The van der Waals surface area contributed by atoms with E-state index in [0.29, 0.717) is 6.04 Å². The first-order chi connectivity index (χ1) is 7.75. The van der Waals surface area contributed by atoms with Crippen LogP contribution in [0.2, 0.25) is 0 Å². The van der Waals surface area contributed by atoms with E-state index in [4.69, 9.17) is 0 Å². The molecular weight excluding hydrogens is 284 g/mol. The van der Waals surface area contributed by atoms with Gasteiger partial charge in [-0.2, -0.15) is 0 Å². The third-order valence-electron chi connectivity index (χ3n) is 3.20. The molecule has 1 fully saturated rings. The summed E-state index contributed by atoms with van der Waals surface area (Å²) in [4.78, 5) is 2.48. The molecule has 0 aliphatic carbocycles. The van der Waals surface area contributed by atoms with Gasteiger partial charge in [-0.3, -0.25) is 4.90 Å². The Kier molecular flexibility index (Phi) is 4.82. The Hall–Kier alpha value is 0.1000. The van der Waals surface area contributed by atoms with Crippen molar-refractivity contribution in [1.82, 2.24) is 10.2 Å². The monoisotopic (exact) mass is 302 g/mol. The fourth-order valence-electron chi connectivity index (χ4n) is 2.22. The molecule has 1 aliphatic heterocycles. The number of hydrogen-bond acceptors (Lipinski definition) is 3. The molecule has 0 saturated carbocycles. The predicted octanol–water partition coefficient (Wildman–Crippen LogP) is 3.08. The molecule has 2 rings (SSSR count). The van der Waals surface area contributed by atoms with Crippen LogP contribution in [-0.2, 0) is 6.54 Å². The van der Waals surface area contributed by atoms with Gasteiger partial charge in [-0.1, -0.05) is 6.42 Å². The highest BCUT2D eigenvalue weighted by atomic mass is 79.9. The van der Waals surface area contributed by atoms with E-state index in [1.807, 2.05) is 0 Å². The highest BCUT2D eigenvalue weighted by molar-refractivity contribution is 9.11. The van der Waals surface area contributed by atoms with Crippen LogP contribution in [-0.4, -0.2) is 31.1 Å². The molecule has 1 unspecified atom stereocenters. The smallest absolute Gasteiger partial charge is 0.0701 e. The Bertz CT molecular complexity index is 319. The van der Waals surface area contributed by atoms with Gasteiger partial charge in [-0.25, -0.2) is 0 Å². The van der Waals surface area contributed by atoms with Crippen LogP contribution >= 0.6 is 27.3 Å². The molecule has 1 aromatic rings. The van der Waals surface area contributed by atoms with Crippen molar-refractivity contribution in [2.24, 2.45) is 0 Å². The van der Waals surface area contributed by atoms with Gasteiger partial charge in [0.1, 0.15) is 0 Å². The summed E-state index contributed by atoms with van der Waals surface area (Å²) in [6.45, 7) is 3.39. The number of rotatable bonds is 3. The first-order valence-corrected chi connectivity index (χ1v) is 7.57. The molecule has 1 aromatic heterocycles. The molecule has 1 aliphatic rings. The van der Waals surface area contributed by atoms with Crippen molar-refractivity contribution in [2.45, 2.75) is 31.8 Å². The highest BCUT2D eigenvalue weighted by Crippen LogP contribution is 2.22. The van der Waals surface area contributed by atoms with Crippen LogP contribution in [0.3, 0.4) is 0 Å². The highest BCUT2D eigenvalue weighted by Gasteiger charge is 2.16. The van der Waals surface area contributed by atoms with Crippen LogP contribution < -0.4 is 5.32 Å². The Labute approximate surface area is 110 Å². The first-order valence-electron chi connectivity index (χ1n) is 5.89. The Balaban J connectivity index is 1.88. The van der Waals surface area contributed by atoms with Crippen LogP contribution in [0, 0.1) is 0 Å². The topological polar surface area (TPSA) is 15.3 Å². The summed E-state index contributed by atoms with van der Waals surface area (Å²) in [7, 11) is 2.24. The summed E-state index contributed by atoms with van der Waals surface area (Å²) < 4.78 is 1.23. The second kappa shape index (κ2) is 6.15. The summed E-state index contributed by atoms with van der Waals surface area (Å²) in [5.41, 5.74) is 1.42. The Morgan fingerprint density at radius 1 is 1.56 bits per heavy atom. The molecular formula is C12H19BrN2S. The predicted molar refractivity (Wildman–Crippen MR) is 74.0 cm³/mol. The number of likely N-dealkylation sites (N-methyl/N-ethyl adjacent to an activating group) is 1. The third-order valence-corrected chi connectivity index (χ3v) is 4.75. The van der Waals surface area contributed by atoms with Crippen LogP contribution in [0.1, 0.15) is 24.8 Å². The second-order valence-corrected chi connectivity index (χ2v) is 6.82. The van der Waals surface area contributed by atoms with E-state index in [-0.39, 0.29) is 0 Å². The van der Waals surface area contributed by atoms with E-state index >= 15 is 0 Å². The molecule has 16 heavy (non-hydrogen) atoms. The number of halogens is 1. The molecule has 4 heteroatoms. The SMILES string of the molecule is CN(Cc1csc(Br)c1)C1CCCCNC1. The van der Waals surface area contributed by atoms with Crippen LogP contribution in [0.4, 0.5) is 0 Å². The molecule has 90 valence electrons. The molecule has 2 nitrogen and oxygen atoms in total. The lowest BCUT2D eigenvalue weighted by molar-refractivity contribution is 0.223. The lowest BCUT2D eigenvalue weighted by Gasteiger charge is -2.26. The van der Waals surface area contributed by atoms with Gasteiger partial charge in [0.15, 0.2) is 0 Å². The minimum Gasteiger partial charge on any atom is -0.315 e. The van der Waals surface area contributed by atoms with Gasteiger partial charge in [0.2, 0.25) is 0 Å². The van der Waals surface area contributed by atoms with Gasteiger partial charge >= 0.3 is 0 Å². The standard InChI is InChI=1S/C12H19BrN2S/c1-15(8-10-6-12(13)16-9-10)11-4-2-3-5-14-7-11/h6,9,11,14H,2-5,7-8H2,1H3. The summed E-state index contributed by atoms with van der Waals surface area (Å²) >= 11 is 5.29. The zero-order valence-electron chi connectivity index (χ0n) is 9.71. The molecule has 0 radical (unpaired) electrons. The van der Waals surface area contributed by atoms with E-state index in [0.717, 1.165) is 13.1 Å². The number of hydrogen-bond donors (Lipinski definition) is 1. The maximum Gasteiger partial charge on any atom is 0.0701 e. The van der Waals surface area contributed by atoms with Crippen LogP contribution in [0.5, 0.6) is 0 Å². The van der Waals surface area contributed by atoms with E-state index < -0.39 is 0 Å². The summed E-state index contributed by atoms with van der Waals surface area (Å²) in [6, 6.07) is 2.92. The molecule has 2 heterocycles. The number of nitrogens with zero attached hydrogens (tertiary/aromatic N) is 1. The van der Waals surface area contributed by atoms with Gasteiger partial charge < -0.3 is 5.32 Å². The van der Waals surface area contributed by atoms with Crippen molar-refractivity contribution < 1.29 is 0 Å². The molecule has 0 spiro atoms. The average molecular weight is 303 g/mol. The van der Waals surface area contributed by atoms with E-state index in [2.05, 4.69) is 44.6 Å². The van der Waals surface area contributed by atoms with Crippen molar-refractivity contribution in [3.63, 3.8) is 0 Å².